The van der Waals surface area contributed by atoms with Crippen molar-refractivity contribution in [2.45, 2.75) is 66.2 Å². The van der Waals surface area contributed by atoms with Crippen LogP contribution in [0.2, 0.25) is 0 Å². The molecule has 4 nitrogen and oxygen atoms in total. The zero-order chi connectivity index (χ0) is 14.6. The molecule has 112 valence electrons. The van der Waals surface area contributed by atoms with Crippen LogP contribution in [0.15, 0.2) is 0 Å². The summed E-state index contributed by atoms with van der Waals surface area (Å²) in [6, 6.07) is 0.233. The number of carbonyl (C=O) groups excluding carboxylic acids is 1. The quantitative estimate of drug-likeness (QED) is 0.767. The molecule has 3 atom stereocenters. The Morgan fingerprint density at radius 2 is 1.84 bits per heavy atom. The Kier molecular flexibility index (Phi) is 6.27. The molecule has 1 N–H and O–H groups in total. The fourth-order valence-corrected chi connectivity index (χ4v) is 2.91. The minimum Gasteiger partial charge on any atom is -0.322 e. The van der Waals surface area contributed by atoms with Gasteiger partial charge in [0.25, 0.3) is 0 Å². The number of nitrogens with zero attached hydrogens (tertiary/aromatic N) is 2. The normalized spacial score (nSPS) is 25.7. The standard InChI is InChI=1S/C15H31N3O/c1-7-17(8-2)10-12(5)18-14(9-11(3)4)16-13(6)15(18)19/h11-14,16H,7-10H2,1-6H3. The Balaban J connectivity index is 2.72. The number of nitrogens with one attached hydrogen (secondary N) is 1. The van der Waals surface area contributed by atoms with Crippen LogP contribution in [0, 0.1) is 5.92 Å². The SMILES string of the molecule is CCN(CC)CC(C)N1C(=O)C(C)NC1CC(C)C. The van der Waals surface area contributed by atoms with Gasteiger partial charge in [-0.15, -0.1) is 0 Å². The van der Waals surface area contributed by atoms with Gasteiger partial charge in [-0.2, -0.15) is 0 Å². The molecule has 1 heterocycles. The molecule has 19 heavy (non-hydrogen) atoms. The van der Waals surface area contributed by atoms with Gasteiger partial charge in [-0.05, 0) is 39.3 Å². The third-order valence-corrected chi connectivity index (χ3v) is 3.99. The molecule has 0 saturated carbocycles. The van der Waals surface area contributed by atoms with Crippen molar-refractivity contribution in [1.82, 2.24) is 15.1 Å². The number of hydrogen-bond donors (Lipinski definition) is 1. The monoisotopic (exact) mass is 269 g/mol. The Labute approximate surface area is 118 Å². The molecule has 0 aliphatic carbocycles. The molecule has 1 amide bonds. The molecule has 1 fully saturated rings. The second-order valence-electron chi connectivity index (χ2n) is 6.11. The topological polar surface area (TPSA) is 35.6 Å². The highest BCUT2D eigenvalue weighted by atomic mass is 16.2. The summed E-state index contributed by atoms with van der Waals surface area (Å²) in [6.07, 6.45) is 1.23. The maximum Gasteiger partial charge on any atom is 0.241 e. The molecule has 0 aromatic carbocycles. The maximum atomic E-state index is 12.3. The van der Waals surface area contributed by atoms with Gasteiger partial charge in [0.2, 0.25) is 5.91 Å². The van der Waals surface area contributed by atoms with E-state index < -0.39 is 0 Å². The lowest BCUT2D eigenvalue weighted by Gasteiger charge is -2.34. The van der Waals surface area contributed by atoms with E-state index in [9.17, 15) is 4.79 Å². The third-order valence-electron chi connectivity index (χ3n) is 3.99. The van der Waals surface area contributed by atoms with E-state index >= 15 is 0 Å². The summed E-state index contributed by atoms with van der Waals surface area (Å²) < 4.78 is 0. The van der Waals surface area contributed by atoms with Crippen LogP contribution in [0.5, 0.6) is 0 Å². The summed E-state index contributed by atoms with van der Waals surface area (Å²) in [5.74, 6) is 0.851. The van der Waals surface area contributed by atoms with Crippen molar-refractivity contribution in [2.75, 3.05) is 19.6 Å². The summed E-state index contributed by atoms with van der Waals surface area (Å²) in [6.45, 7) is 16.0. The van der Waals surface area contributed by atoms with Crippen LogP contribution in [0.1, 0.15) is 48.0 Å². The fraction of sp³-hybridized carbons (Fsp3) is 0.933. The Morgan fingerprint density at radius 1 is 1.26 bits per heavy atom. The van der Waals surface area contributed by atoms with E-state index in [1.54, 1.807) is 0 Å². The minimum atomic E-state index is -0.0390. The molecule has 4 heteroatoms. The summed E-state index contributed by atoms with van der Waals surface area (Å²) in [5.41, 5.74) is 0. The molecular weight excluding hydrogens is 238 g/mol. The first kappa shape index (κ1) is 16.4. The number of amides is 1. The summed E-state index contributed by atoms with van der Waals surface area (Å²) in [7, 11) is 0. The van der Waals surface area contributed by atoms with Crippen molar-refractivity contribution in [3.63, 3.8) is 0 Å². The van der Waals surface area contributed by atoms with Gasteiger partial charge < -0.3 is 9.80 Å². The number of hydrogen-bond acceptors (Lipinski definition) is 3. The molecule has 3 unspecified atom stereocenters. The predicted octanol–water partition coefficient (Wildman–Crippen LogP) is 1.91. The highest BCUT2D eigenvalue weighted by Crippen LogP contribution is 2.20. The Hall–Kier alpha value is -0.610. The maximum absolute atomic E-state index is 12.3. The van der Waals surface area contributed by atoms with Gasteiger partial charge in [-0.3, -0.25) is 10.1 Å². The van der Waals surface area contributed by atoms with Gasteiger partial charge in [0.05, 0.1) is 12.2 Å². The van der Waals surface area contributed by atoms with Crippen LogP contribution >= 0.6 is 0 Å². The highest BCUT2D eigenvalue weighted by molar-refractivity contribution is 5.84. The molecule has 1 saturated heterocycles. The summed E-state index contributed by atoms with van der Waals surface area (Å²) >= 11 is 0. The molecular formula is C15H31N3O. The van der Waals surface area contributed by atoms with E-state index in [-0.39, 0.29) is 24.2 Å². The van der Waals surface area contributed by atoms with E-state index in [0.29, 0.717) is 5.92 Å². The fourth-order valence-electron chi connectivity index (χ4n) is 2.91. The third kappa shape index (κ3) is 4.18. The van der Waals surface area contributed by atoms with Crippen LogP contribution < -0.4 is 5.32 Å². The van der Waals surface area contributed by atoms with Gasteiger partial charge >= 0.3 is 0 Å². The largest absolute Gasteiger partial charge is 0.322 e. The van der Waals surface area contributed by atoms with Crippen LogP contribution in [0.25, 0.3) is 0 Å². The van der Waals surface area contributed by atoms with Crippen molar-refractivity contribution < 1.29 is 4.79 Å². The molecule has 1 aliphatic heterocycles. The number of carbonyl (C=O) groups is 1. The molecule has 0 aromatic heterocycles. The first-order valence-electron chi connectivity index (χ1n) is 7.71. The zero-order valence-corrected chi connectivity index (χ0v) is 13.4. The zero-order valence-electron chi connectivity index (χ0n) is 13.4. The van der Waals surface area contributed by atoms with E-state index in [0.717, 1.165) is 26.1 Å². The van der Waals surface area contributed by atoms with Crippen LogP contribution in [-0.4, -0.2) is 53.6 Å². The van der Waals surface area contributed by atoms with Crippen molar-refractivity contribution in [3.05, 3.63) is 0 Å². The summed E-state index contributed by atoms with van der Waals surface area (Å²) in [5, 5.41) is 3.43. The average molecular weight is 269 g/mol. The number of rotatable bonds is 7. The van der Waals surface area contributed by atoms with E-state index in [1.165, 1.54) is 0 Å². The second-order valence-corrected chi connectivity index (χ2v) is 6.11. The molecule has 0 aromatic rings. The van der Waals surface area contributed by atoms with Gasteiger partial charge in [-0.25, -0.2) is 0 Å². The lowest BCUT2D eigenvalue weighted by atomic mass is 10.1. The second kappa shape index (κ2) is 7.25. The van der Waals surface area contributed by atoms with Crippen molar-refractivity contribution in [2.24, 2.45) is 5.92 Å². The van der Waals surface area contributed by atoms with Gasteiger partial charge in [-0.1, -0.05) is 27.7 Å². The van der Waals surface area contributed by atoms with Gasteiger partial charge in [0.15, 0.2) is 0 Å². The van der Waals surface area contributed by atoms with Gasteiger partial charge in [0.1, 0.15) is 0 Å². The van der Waals surface area contributed by atoms with Crippen molar-refractivity contribution in [3.8, 4) is 0 Å². The lowest BCUT2D eigenvalue weighted by Crippen LogP contribution is -2.48. The molecule has 0 radical (unpaired) electrons. The molecule has 1 aliphatic rings. The molecule has 0 bridgehead atoms. The Morgan fingerprint density at radius 3 is 2.32 bits per heavy atom. The van der Waals surface area contributed by atoms with E-state index in [4.69, 9.17) is 0 Å². The molecule has 1 rings (SSSR count). The van der Waals surface area contributed by atoms with Crippen molar-refractivity contribution >= 4 is 5.91 Å². The summed E-state index contributed by atoms with van der Waals surface area (Å²) in [4.78, 5) is 16.8. The van der Waals surface area contributed by atoms with E-state index in [2.05, 4.69) is 49.7 Å². The smallest absolute Gasteiger partial charge is 0.241 e. The van der Waals surface area contributed by atoms with Crippen LogP contribution in [0.3, 0.4) is 0 Å². The van der Waals surface area contributed by atoms with Crippen LogP contribution in [-0.2, 0) is 4.79 Å². The van der Waals surface area contributed by atoms with Crippen molar-refractivity contribution in [1.29, 1.82) is 0 Å². The minimum absolute atomic E-state index is 0.0390. The highest BCUT2D eigenvalue weighted by Gasteiger charge is 2.39. The molecule has 0 spiro atoms. The van der Waals surface area contributed by atoms with Gasteiger partial charge in [0, 0.05) is 12.6 Å². The van der Waals surface area contributed by atoms with Crippen LogP contribution in [0.4, 0.5) is 0 Å². The first-order chi connectivity index (χ1) is 8.90. The lowest BCUT2D eigenvalue weighted by molar-refractivity contribution is -0.132. The number of likely N-dealkylation sites (N-methyl/N-ethyl adjacent to an activating group) is 1. The first-order valence-corrected chi connectivity index (χ1v) is 7.71. The average Bonchev–Trinajstić information content (AvgIpc) is 2.60. The predicted molar refractivity (Wildman–Crippen MR) is 79.9 cm³/mol. The van der Waals surface area contributed by atoms with E-state index in [1.807, 2.05) is 6.92 Å². The Bertz CT molecular complexity index is 289.